The average molecular weight is 489 g/mol. The molecule has 33 heavy (non-hydrogen) atoms. The number of rotatable bonds is 7. The topological polar surface area (TPSA) is 104 Å². The van der Waals surface area contributed by atoms with Crippen LogP contribution in [-0.2, 0) is 14.9 Å². The molecule has 1 amide bonds. The minimum atomic E-state index is -4.10. The molecule has 0 aromatic heterocycles. The molecule has 7 heteroatoms. The van der Waals surface area contributed by atoms with Crippen molar-refractivity contribution in [1.82, 2.24) is 5.32 Å². The number of amides is 1. The van der Waals surface area contributed by atoms with E-state index in [0.29, 0.717) is 42.9 Å². The molecule has 0 unspecified atom stereocenters. The molecule has 4 rings (SSSR count). The van der Waals surface area contributed by atoms with Gasteiger partial charge in [0.15, 0.2) is 0 Å². The molecule has 0 saturated heterocycles. The van der Waals surface area contributed by atoms with E-state index in [-0.39, 0.29) is 30.2 Å². The summed E-state index contributed by atoms with van der Waals surface area (Å²) in [5.74, 6) is 0.437. The fraction of sp³-hybridized carbons (Fsp3) is 0.962. The van der Waals surface area contributed by atoms with E-state index in [0.717, 1.165) is 32.1 Å². The van der Waals surface area contributed by atoms with E-state index in [1.807, 2.05) is 6.92 Å². The number of aliphatic hydroxyl groups is 1. The number of fused-ring (bicyclic) bond motifs is 5. The molecule has 6 nitrogen and oxygen atoms in total. The van der Waals surface area contributed by atoms with Crippen molar-refractivity contribution in [3.05, 3.63) is 0 Å². The van der Waals surface area contributed by atoms with Crippen LogP contribution in [0.3, 0.4) is 0 Å². The van der Waals surface area contributed by atoms with Gasteiger partial charge in [-0.2, -0.15) is 8.42 Å². The first-order valence-electron chi connectivity index (χ1n) is 15.2. The molecule has 4 aliphatic rings. The smallest absolute Gasteiger partial charge is 0.266 e. The van der Waals surface area contributed by atoms with Gasteiger partial charge in [0.2, 0.25) is 5.91 Å². The molecule has 0 aromatic carbocycles. The first kappa shape index (κ1) is 19.5. The summed E-state index contributed by atoms with van der Waals surface area (Å²) in [7, 11) is -4.10. The Hall–Kier alpha value is -0.660. The molecule has 0 aliphatic heterocycles. The second-order valence-electron chi connectivity index (χ2n) is 11.7. The van der Waals surface area contributed by atoms with Crippen LogP contribution < -0.4 is 5.32 Å². The molecule has 0 aromatic rings. The molecule has 4 saturated carbocycles. The number of hydrogen-bond acceptors (Lipinski definition) is 4. The van der Waals surface area contributed by atoms with Crippen LogP contribution in [-0.4, -0.2) is 42.4 Å². The van der Waals surface area contributed by atoms with E-state index >= 15 is 0 Å². The Bertz CT molecular complexity index is 1040. The first-order valence-corrected chi connectivity index (χ1v) is 14.3. The Morgan fingerprint density at radius 3 is 2.61 bits per heavy atom. The Balaban J connectivity index is 1.45. The van der Waals surface area contributed by atoms with Crippen molar-refractivity contribution in [2.24, 2.45) is 46.3 Å². The standard InChI is InChI=1S/C26H45NO5S/c1-17(4-9-24(29)27-14-15-33(30,31)32)21-7-8-22-20-6-5-18-16-19(28)10-12-25(18,2)23(20)11-13-26(21,22)3/h17-23,28H,4-16H2,1-3H3,(H,27,29)(H,30,31,32)/t17-,18-,19-,20+,21-,22+,23+,25+,26-/m1/s1/i10D2,16D2,19D. The summed E-state index contributed by atoms with van der Waals surface area (Å²) in [6.45, 7) is 6.46. The van der Waals surface area contributed by atoms with E-state index < -0.39 is 46.0 Å². The van der Waals surface area contributed by atoms with Gasteiger partial charge in [-0.05, 0) is 110 Å². The van der Waals surface area contributed by atoms with Crippen LogP contribution in [0.25, 0.3) is 0 Å². The molecule has 0 heterocycles. The summed E-state index contributed by atoms with van der Waals surface area (Å²) >= 11 is 0. The van der Waals surface area contributed by atoms with Gasteiger partial charge in [0, 0.05) is 18.4 Å². The largest absolute Gasteiger partial charge is 0.393 e. The molecule has 0 radical (unpaired) electrons. The molecule has 0 bridgehead atoms. The third-order valence-corrected chi connectivity index (χ3v) is 10.8. The lowest BCUT2D eigenvalue weighted by molar-refractivity contribution is -0.129. The zero-order valence-corrected chi connectivity index (χ0v) is 21.1. The van der Waals surface area contributed by atoms with E-state index in [9.17, 15) is 18.3 Å². The molecule has 0 spiro atoms. The Labute approximate surface area is 207 Å². The lowest BCUT2D eigenvalue weighted by atomic mass is 9.44. The van der Waals surface area contributed by atoms with Crippen LogP contribution in [0.4, 0.5) is 0 Å². The maximum absolute atomic E-state index is 12.2. The van der Waals surface area contributed by atoms with Crippen LogP contribution in [0.5, 0.6) is 0 Å². The van der Waals surface area contributed by atoms with Gasteiger partial charge in [-0.1, -0.05) is 20.8 Å². The highest BCUT2D eigenvalue weighted by Crippen LogP contribution is 2.68. The van der Waals surface area contributed by atoms with E-state index in [1.54, 1.807) is 0 Å². The summed E-state index contributed by atoms with van der Waals surface area (Å²) in [5, 5.41) is 13.3. The van der Waals surface area contributed by atoms with Crippen molar-refractivity contribution in [2.45, 2.75) is 97.4 Å². The Morgan fingerprint density at radius 1 is 1.15 bits per heavy atom. The maximum Gasteiger partial charge on any atom is 0.266 e. The van der Waals surface area contributed by atoms with Crippen LogP contribution in [0, 0.1) is 46.3 Å². The van der Waals surface area contributed by atoms with Gasteiger partial charge in [-0.3, -0.25) is 9.35 Å². The maximum atomic E-state index is 12.2. The number of carbonyl (C=O) groups is 1. The van der Waals surface area contributed by atoms with Gasteiger partial charge in [-0.25, -0.2) is 0 Å². The Kier molecular flexibility index (Phi) is 5.57. The average Bonchev–Trinajstić information content (AvgIpc) is 3.12. The third-order valence-electron chi connectivity index (χ3n) is 10.1. The molecule has 3 N–H and O–H groups in total. The minimum absolute atomic E-state index is 0.00129. The lowest BCUT2D eigenvalue weighted by Crippen LogP contribution is -2.54. The molecule has 4 fully saturated rings. The second kappa shape index (κ2) is 9.42. The van der Waals surface area contributed by atoms with Crippen molar-refractivity contribution >= 4 is 16.0 Å². The van der Waals surface area contributed by atoms with Crippen LogP contribution >= 0.6 is 0 Å². The fourth-order valence-corrected chi connectivity index (χ4v) is 8.74. The van der Waals surface area contributed by atoms with Crippen molar-refractivity contribution in [2.75, 3.05) is 12.3 Å². The predicted octanol–water partition coefficient (Wildman–Crippen LogP) is 4.43. The molecule has 4 aliphatic carbocycles. The van der Waals surface area contributed by atoms with Crippen molar-refractivity contribution in [1.29, 1.82) is 0 Å². The van der Waals surface area contributed by atoms with Crippen molar-refractivity contribution in [3.63, 3.8) is 0 Å². The normalized spacial score (nSPS) is 51.3. The van der Waals surface area contributed by atoms with Crippen LogP contribution in [0.2, 0.25) is 0 Å². The summed E-state index contributed by atoms with van der Waals surface area (Å²) in [5.41, 5.74) is -0.525. The second-order valence-corrected chi connectivity index (χ2v) is 13.3. The van der Waals surface area contributed by atoms with Gasteiger partial charge >= 0.3 is 0 Å². The lowest BCUT2D eigenvalue weighted by Gasteiger charge is -2.61. The minimum Gasteiger partial charge on any atom is -0.393 e. The quantitative estimate of drug-likeness (QED) is 0.460. The molecular weight excluding hydrogens is 438 g/mol. The van der Waals surface area contributed by atoms with Crippen LogP contribution in [0.1, 0.15) is 98.2 Å². The first-order chi connectivity index (χ1) is 17.3. The highest BCUT2D eigenvalue weighted by molar-refractivity contribution is 7.85. The summed E-state index contributed by atoms with van der Waals surface area (Å²) in [6, 6.07) is 0. The van der Waals surface area contributed by atoms with E-state index in [2.05, 4.69) is 19.2 Å². The van der Waals surface area contributed by atoms with Gasteiger partial charge in [0.1, 0.15) is 0 Å². The van der Waals surface area contributed by atoms with Gasteiger partial charge in [0.25, 0.3) is 10.1 Å². The van der Waals surface area contributed by atoms with Crippen molar-refractivity contribution in [3.8, 4) is 0 Å². The molecular formula is C26H45NO5S. The van der Waals surface area contributed by atoms with E-state index in [1.165, 1.54) is 0 Å². The van der Waals surface area contributed by atoms with Gasteiger partial charge in [0.05, 0.1) is 13.2 Å². The highest BCUT2D eigenvalue weighted by atomic mass is 32.2. The predicted molar refractivity (Wildman–Crippen MR) is 129 cm³/mol. The van der Waals surface area contributed by atoms with Gasteiger partial charge < -0.3 is 10.4 Å². The Morgan fingerprint density at radius 2 is 1.88 bits per heavy atom. The van der Waals surface area contributed by atoms with Crippen LogP contribution in [0.15, 0.2) is 0 Å². The van der Waals surface area contributed by atoms with Crippen molar-refractivity contribution < 1.29 is 29.7 Å². The van der Waals surface area contributed by atoms with Gasteiger partial charge in [-0.15, -0.1) is 0 Å². The number of carbonyl (C=O) groups excluding carboxylic acids is 1. The number of nitrogens with one attached hydrogen (secondary N) is 1. The summed E-state index contributed by atoms with van der Waals surface area (Å²) in [4.78, 5) is 12.2. The summed E-state index contributed by atoms with van der Waals surface area (Å²) in [6.07, 6.45) is -1.08. The third kappa shape index (κ3) is 5.02. The summed E-state index contributed by atoms with van der Waals surface area (Å²) < 4.78 is 73.1. The molecule has 190 valence electrons. The zero-order valence-electron chi connectivity index (χ0n) is 25.3. The highest BCUT2D eigenvalue weighted by Gasteiger charge is 2.60. The fourth-order valence-electron chi connectivity index (χ4n) is 8.38. The van der Waals surface area contributed by atoms with E-state index in [4.69, 9.17) is 11.4 Å². The monoisotopic (exact) mass is 488 g/mol. The zero-order chi connectivity index (χ0) is 28.5. The number of hydrogen-bond donors (Lipinski definition) is 3. The SMILES string of the molecule is [2H]C1([2H])C[C@@]2(C)[C@H](CC[C@@H]3[C@@H]2CC[C@]2(C)[C@@H]([C@H](C)CCC(=O)NCCS(=O)(=O)O)CC[C@@H]32)C([2H])([2H])[C@]1([2H])O. The molecule has 9 atom stereocenters.